The lowest BCUT2D eigenvalue weighted by atomic mass is 9.70. The van der Waals surface area contributed by atoms with E-state index in [2.05, 4.69) is 17.3 Å². The van der Waals surface area contributed by atoms with Crippen molar-refractivity contribution in [2.75, 3.05) is 0 Å². The smallest absolute Gasteiger partial charge is 0.126 e. The molecule has 2 aromatic rings. The molecule has 1 aliphatic carbocycles. The Balaban J connectivity index is 1.80. The van der Waals surface area contributed by atoms with E-state index in [1.54, 1.807) is 0 Å². The Morgan fingerprint density at radius 2 is 1.55 bits per heavy atom. The molecule has 112 valence electrons. The van der Waals surface area contributed by atoms with Crippen LogP contribution in [0.2, 0.25) is 0 Å². The van der Waals surface area contributed by atoms with E-state index < -0.39 is 11.6 Å². The minimum atomic E-state index is -0.542. The maximum Gasteiger partial charge on any atom is 0.126 e. The highest BCUT2D eigenvalue weighted by molar-refractivity contribution is 5.87. The van der Waals surface area contributed by atoms with Crippen LogP contribution in [0.3, 0.4) is 0 Å². The van der Waals surface area contributed by atoms with Gasteiger partial charge < -0.3 is 0 Å². The molecule has 0 aromatic heterocycles. The van der Waals surface area contributed by atoms with E-state index in [1.807, 2.05) is 12.1 Å². The summed E-state index contributed by atoms with van der Waals surface area (Å²) >= 11 is 0. The Bertz CT molecular complexity index is 738. The summed E-state index contributed by atoms with van der Waals surface area (Å²) in [5.41, 5.74) is 3.69. The molecule has 3 heteroatoms. The Kier molecular flexibility index (Phi) is 3.10. The van der Waals surface area contributed by atoms with Crippen LogP contribution < -0.4 is 0 Å². The second-order valence-electron chi connectivity index (χ2n) is 6.37. The number of halogens is 2. The lowest BCUT2D eigenvalue weighted by Crippen LogP contribution is -2.28. The second-order valence-corrected chi connectivity index (χ2v) is 6.37. The van der Waals surface area contributed by atoms with Gasteiger partial charge in [0.2, 0.25) is 0 Å². The van der Waals surface area contributed by atoms with Crippen molar-refractivity contribution in [2.45, 2.75) is 37.5 Å². The fourth-order valence-corrected chi connectivity index (χ4v) is 3.79. The van der Waals surface area contributed by atoms with Gasteiger partial charge in [-0.3, -0.25) is 4.99 Å². The number of benzene rings is 2. The second kappa shape index (κ2) is 5.01. The van der Waals surface area contributed by atoms with E-state index in [1.165, 1.54) is 37.0 Å². The van der Waals surface area contributed by atoms with Crippen molar-refractivity contribution in [3.63, 3.8) is 0 Å². The van der Waals surface area contributed by atoms with Gasteiger partial charge in [-0.2, -0.15) is 0 Å². The molecule has 1 aliphatic heterocycles. The predicted octanol–water partition coefficient (Wildman–Crippen LogP) is 5.55. The molecule has 0 atom stereocenters. The van der Waals surface area contributed by atoms with Crippen LogP contribution in [-0.4, -0.2) is 6.21 Å². The Morgan fingerprint density at radius 1 is 0.818 bits per heavy atom. The lowest BCUT2D eigenvalue weighted by molar-refractivity contribution is 0.391. The minimum absolute atomic E-state index is 0.0372. The van der Waals surface area contributed by atoms with E-state index in [9.17, 15) is 8.78 Å². The summed E-state index contributed by atoms with van der Waals surface area (Å²) in [7, 11) is 0. The summed E-state index contributed by atoms with van der Waals surface area (Å²) in [6.07, 6.45) is 8.02. The van der Waals surface area contributed by atoms with Gasteiger partial charge in [-0.1, -0.05) is 25.3 Å². The van der Waals surface area contributed by atoms with Gasteiger partial charge in [-0.25, -0.2) is 8.78 Å². The molecule has 0 N–H and O–H groups in total. The third-order valence-electron chi connectivity index (χ3n) is 4.93. The SMILES string of the molecule is Fc1cc(F)cc(-c2ccc3c(c2)C2(C=N3)CCCCC2)c1. The molecule has 0 radical (unpaired) electrons. The maximum atomic E-state index is 13.5. The van der Waals surface area contributed by atoms with E-state index >= 15 is 0 Å². The summed E-state index contributed by atoms with van der Waals surface area (Å²) in [6, 6.07) is 9.60. The summed E-state index contributed by atoms with van der Waals surface area (Å²) < 4.78 is 26.9. The molecule has 0 unspecified atom stereocenters. The molecular formula is C19H17F2N. The van der Waals surface area contributed by atoms with E-state index in [0.29, 0.717) is 5.56 Å². The fraction of sp³-hybridized carbons (Fsp3) is 0.316. The van der Waals surface area contributed by atoms with Crippen LogP contribution >= 0.6 is 0 Å². The molecule has 1 fully saturated rings. The van der Waals surface area contributed by atoms with Gasteiger partial charge in [0, 0.05) is 17.7 Å². The number of hydrogen-bond donors (Lipinski definition) is 0. The molecule has 1 saturated carbocycles. The number of rotatable bonds is 1. The molecule has 0 saturated heterocycles. The molecule has 1 nitrogen and oxygen atoms in total. The monoisotopic (exact) mass is 297 g/mol. The van der Waals surface area contributed by atoms with E-state index in [0.717, 1.165) is 30.2 Å². The normalized spacial score (nSPS) is 18.6. The van der Waals surface area contributed by atoms with Crippen molar-refractivity contribution in [3.05, 3.63) is 53.6 Å². The van der Waals surface area contributed by atoms with E-state index in [-0.39, 0.29) is 5.41 Å². The molecule has 1 heterocycles. The van der Waals surface area contributed by atoms with Crippen LogP contribution in [0.4, 0.5) is 14.5 Å². The van der Waals surface area contributed by atoms with Crippen LogP contribution in [0.25, 0.3) is 11.1 Å². The van der Waals surface area contributed by atoms with Gasteiger partial charge in [0.25, 0.3) is 0 Å². The molecule has 4 rings (SSSR count). The zero-order chi connectivity index (χ0) is 15.2. The maximum absolute atomic E-state index is 13.5. The highest BCUT2D eigenvalue weighted by atomic mass is 19.1. The molecule has 1 spiro atoms. The number of aliphatic imine (C=N–C) groups is 1. The van der Waals surface area contributed by atoms with Crippen LogP contribution in [0.5, 0.6) is 0 Å². The molecular weight excluding hydrogens is 280 g/mol. The topological polar surface area (TPSA) is 12.4 Å². The van der Waals surface area contributed by atoms with Crippen molar-refractivity contribution < 1.29 is 8.78 Å². The average molecular weight is 297 g/mol. The third kappa shape index (κ3) is 2.16. The zero-order valence-corrected chi connectivity index (χ0v) is 12.3. The summed E-state index contributed by atoms with van der Waals surface area (Å²) in [6.45, 7) is 0. The van der Waals surface area contributed by atoms with Crippen LogP contribution in [0.15, 0.2) is 41.4 Å². The van der Waals surface area contributed by atoms with Gasteiger partial charge in [-0.15, -0.1) is 0 Å². The first-order chi connectivity index (χ1) is 10.7. The highest BCUT2D eigenvalue weighted by Crippen LogP contribution is 2.47. The lowest BCUT2D eigenvalue weighted by Gasteiger charge is -2.32. The fourth-order valence-electron chi connectivity index (χ4n) is 3.79. The Morgan fingerprint density at radius 3 is 2.27 bits per heavy atom. The van der Waals surface area contributed by atoms with Gasteiger partial charge in [-0.05, 0) is 53.8 Å². The van der Waals surface area contributed by atoms with E-state index in [4.69, 9.17) is 0 Å². The first-order valence-corrected chi connectivity index (χ1v) is 7.83. The zero-order valence-electron chi connectivity index (χ0n) is 12.3. The Hall–Kier alpha value is -2.03. The first-order valence-electron chi connectivity index (χ1n) is 7.83. The summed E-state index contributed by atoms with van der Waals surface area (Å²) in [4.78, 5) is 4.57. The van der Waals surface area contributed by atoms with Crippen molar-refractivity contribution in [2.24, 2.45) is 4.99 Å². The van der Waals surface area contributed by atoms with Crippen LogP contribution in [0.1, 0.15) is 37.7 Å². The third-order valence-corrected chi connectivity index (χ3v) is 4.93. The number of hydrogen-bond acceptors (Lipinski definition) is 1. The minimum Gasteiger partial charge on any atom is -0.260 e. The predicted molar refractivity (Wildman–Crippen MR) is 84.7 cm³/mol. The molecule has 0 bridgehead atoms. The largest absolute Gasteiger partial charge is 0.260 e. The average Bonchev–Trinajstić information content (AvgIpc) is 2.85. The highest BCUT2D eigenvalue weighted by Gasteiger charge is 2.37. The van der Waals surface area contributed by atoms with Crippen molar-refractivity contribution in [1.82, 2.24) is 0 Å². The van der Waals surface area contributed by atoms with Gasteiger partial charge in [0.1, 0.15) is 11.6 Å². The van der Waals surface area contributed by atoms with Crippen molar-refractivity contribution in [1.29, 1.82) is 0 Å². The molecule has 0 amide bonds. The van der Waals surface area contributed by atoms with Crippen molar-refractivity contribution >= 4 is 11.9 Å². The summed E-state index contributed by atoms with van der Waals surface area (Å²) in [5.74, 6) is -1.08. The molecule has 2 aliphatic rings. The Labute approximate surface area is 128 Å². The van der Waals surface area contributed by atoms with Gasteiger partial charge in [0.15, 0.2) is 0 Å². The molecule has 2 aromatic carbocycles. The van der Waals surface area contributed by atoms with Gasteiger partial charge >= 0.3 is 0 Å². The van der Waals surface area contributed by atoms with Crippen molar-refractivity contribution in [3.8, 4) is 11.1 Å². The van der Waals surface area contributed by atoms with Crippen LogP contribution in [-0.2, 0) is 5.41 Å². The van der Waals surface area contributed by atoms with Crippen LogP contribution in [0, 0.1) is 11.6 Å². The summed E-state index contributed by atoms with van der Waals surface area (Å²) in [5, 5.41) is 0. The van der Waals surface area contributed by atoms with Gasteiger partial charge in [0.05, 0.1) is 5.69 Å². The quantitative estimate of drug-likeness (QED) is 0.654. The number of fused-ring (bicyclic) bond motifs is 2. The number of nitrogens with zero attached hydrogens (tertiary/aromatic N) is 1. The first kappa shape index (κ1) is 13.6. The molecule has 22 heavy (non-hydrogen) atoms. The standard InChI is InChI=1S/C19H17F2N/c20-15-8-14(9-16(21)11-15)13-4-5-18-17(10-13)19(12-22-18)6-2-1-3-7-19/h4-5,8-12H,1-3,6-7H2.